The molecule has 0 N–H and O–H groups in total. The van der Waals surface area contributed by atoms with Crippen LogP contribution in [0, 0.1) is 30.1 Å². The standard InChI is InChI=1S/C25H34O5S/c1-3-19-11-14-22-21-7-6-16-25(19,22)15-5-4-8-23(21)30-24(26)17-29-31(27,28)20-12-9-18(2)10-13-20/h3,9-10,12-13,19,21-23H,1,4-8,11,14-17H2,2H3. The van der Waals surface area contributed by atoms with Gasteiger partial charge in [-0.05, 0) is 87.2 Å². The van der Waals surface area contributed by atoms with E-state index < -0.39 is 22.7 Å². The summed E-state index contributed by atoms with van der Waals surface area (Å²) in [7, 11) is -3.98. The predicted octanol–water partition coefficient (Wildman–Crippen LogP) is 5.18. The lowest BCUT2D eigenvalue weighted by molar-refractivity contribution is -0.160. The summed E-state index contributed by atoms with van der Waals surface area (Å²) in [4.78, 5) is 12.6. The lowest BCUT2D eigenvalue weighted by atomic mass is 9.56. The Labute approximate surface area is 186 Å². The molecule has 5 atom stereocenters. The number of hydrogen-bond acceptors (Lipinski definition) is 5. The highest BCUT2D eigenvalue weighted by Gasteiger charge is 2.55. The fourth-order valence-electron chi connectivity index (χ4n) is 6.64. The van der Waals surface area contributed by atoms with Gasteiger partial charge in [0.15, 0.2) is 6.61 Å². The maximum atomic E-state index is 12.6. The number of carbonyl (C=O) groups is 1. The minimum Gasteiger partial charge on any atom is -0.460 e. The van der Waals surface area contributed by atoms with E-state index in [1.165, 1.54) is 37.8 Å². The summed E-state index contributed by atoms with van der Waals surface area (Å²) in [6.07, 6.45) is 12.2. The largest absolute Gasteiger partial charge is 0.460 e. The lowest BCUT2D eigenvalue weighted by Gasteiger charge is -2.50. The van der Waals surface area contributed by atoms with Crippen LogP contribution in [-0.2, 0) is 23.8 Å². The van der Waals surface area contributed by atoms with Crippen molar-refractivity contribution < 1.29 is 22.1 Å². The molecule has 1 aromatic rings. The van der Waals surface area contributed by atoms with E-state index in [-0.39, 0.29) is 11.0 Å². The predicted molar refractivity (Wildman–Crippen MR) is 119 cm³/mol. The van der Waals surface area contributed by atoms with Crippen molar-refractivity contribution in [3.05, 3.63) is 42.5 Å². The average Bonchev–Trinajstić information content (AvgIpc) is 3.12. The zero-order valence-electron chi connectivity index (χ0n) is 18.4. The Hall–Kier alpha value is -1.66. The first kappa shape index (κ1) is 22.5. The number of benzene rings is 1. The van der Waals surface area contributed by atoms with Crippen molar-refractivity contribution in [2.45, 2.75) is 75.7 Å². The van der Waals surface area contributed by atoms with Gasteiger partial charge in [-0.25, -0.2) is 4.79 Å². The molecule has 4 rings (SSSR count). The number of esters is 1. The second kappa shape index (κ2) is 9.07. The summed E-state index contributed by atoms with van der Waals surface area (Å²) in [6.45, 7) is 5.42. The molecule has 5 unspecified atom stereocenters. The number of hydrogen-bond donors (Lipinski definition) is 0. The summed E-state index contributed by atoms with van der Waals surface area (Å²) < 4.78 is 35.7. The molecule has 1 aromatic carbocycles. The molecular formula is C25H34O5S. The molecule has 6 heteroatoms. The van der Waals surface area contributed by atoms with Gasteiger partial charge in [0.25, 0.3) is 10.1 Å². The van der Waals surface area contributed by atoms with E-state index in [0.717, 1.165) is 37.7 Å². The van der Waals surface area contributed by atoms with Crippen molar-refractivity contribution in [3.63, 3.8) is 0 Å². The highest BCUT2D eigenvalue weighted by atomic mass is 32.2. The molecular weight excluding hydrogens is 412 g/mol. The van der Waals surface area contributed by atoms with Crippen LogP contribution in [0.2, 0.25) is 0 Å². The highest BCUT2D eigenvalue weighted by Crippen LogP contribution is 2.62. The molecule has 0 saturated heterocycles. The number of carbonyl (C=O) groups excluding carboxylic acids is 1. The highest BCUT2D eigenvalue weighted by molar-refractivity contribution is 7.86. The number of allylic oxidation sites excluding steroid dienone is 1. The molecule has 31 heavy (non-hydrogen) atoms. The Morgan fingerprint density at radius 1 is 1.10 bits per heavy atom. The van der Waals surface area contributed by atoms with Crippen molar-refractivity contribution in [2.75, 3.05) is 6.61 Å². The van der Waals surface area contributed by atoms with Crippen molar-refractivity contribution in [3.8, 4) is 0 Å². The number of ether oxygens (including phenoxy) is 1. The van der Waals surface area contributed by atoms with Crippen LogP contribution in [0.15, 0.2) is 41.8 Å². The van der Waals surface area contributed by atoms with E-state index in [9.17, 15) is 13.2 Å². The van der Waals surface area contributed by atoms with E-state index >= 15 is 0 Å². The van der Waals surface area contributed by atoms with Gasteiger partial charge in [-0.3, -0.25) is 4.18 Å². The van der Waals surface area contributed by atoms with Gasteiger partial charge in [-0.15, -0.1) is 6.58 Å². The average molecular weight is 447 g/mol. The van der Waals surface area contributed by atoms with Crippen molar-refractivity contribution in [2.24, 2.45) is 23.2 Å². The van der Waals surface area contributed by atoms with Crippen LogP contribution in [-0.4, -0.2) is 27.1 Å². The molecule has 3 aliphatic carbocycles. The normalized spacial score (nSPS) is 33.1. The summed E-state index contributed by atoms with van der Waals surface area (Å²) in [6, 6.07) is 6.39. The van der Waals surface area contributed by atoms with Gasteiger partial charge in [0, 0.05) is 0 Å². The monoisotopic (exact) mass is 446 g/mol. The van der Waals surface area contributed by atoms with Gasteiger partial charge in [0.05, 0.1) is 4.90 Å². The first-order valence-corrected chi connectivity index (χ1v) is 13.0. The van der Waals surface area contributed by atoms with Crippen LogP contribution in [0.3, 0.4) is 0 Å². The second-order valence-corrected chi connectivity index (χ2v) is 11.2. The molecule has 0 radical (unpaired) electrons. The minimum atomic E-state index is -3.98. The van der Waals surface area contributed by atoms with Gasteiger partial charge < -0.3 is 4.74 Å². The van der Waals surface area contributed by atoms with Crippen molar-refractivity contribution >= 4 is 16.1 Å². The van der Waals surface area contributed by atoms with E-state index in [1.807, 2.05) is 6.92 Å². The maximum Gasteiger partial charge on any atom is 0.333 e. The molecule has 2 bridgehead atoms. The lowest BCUT2D eigenvalue weighted by Crippen LogP contribution is -2.45. The van der Waals surface area contributed by atoms with E-state index in [4.69, 9.17) is 8.92 Å². The smallest absolute Gasteiger partial charge is 0.333 e. The van der Waals surface area contributed by atoms with E-state index in [2.05, 4.69) is 12.7 Å². The van der Waals surface area contributed by atoms with Gasteiger partial charge >= 0.3 is 5.97 Å². The van der Waals surface area contributed by atoms with E-state index in [0.29, 0.717) is 23.2 Å². The quantitative estimate of drug-likeness (QED) is 0.342. The Balaban J connectivity index is 1.42. The number of aryl methyl sites for hydroxylation is 1. The van der Waals surface area contributed by atoms with Gasteiger partial charge in [-0.2, -0.15) is 8.42 Å². The van der Waals surface area contributed by atoms with E-state index in [1.54, 1.807) is 12.1 Å². The molecule has 3 aliphatic rings. The molecule has 0 spiro atoms. The van der Waals surface area contributed by atoms with Crippen molar-refractivity contribution in [1.82, 2.24) is 0 Å². The summed E-state index contributed by atoms with van der Waals surface area (Å²) >= 11 is 0. The maximum absolute atomic E-state index is 12.6. The summed E-state index contributed by atoms with van der Waals surface area (Å²) in [5, 5.41) is 0. The molecule has 5 nitrogen and oxygen atoms in total. The Morgan fingerprint density at radius 3 is 2.58 bits per heavy atom. The molecule has 3 saturated carbocycles. The van der Waals surface area contributed by atoms with Crippen LogP contribution in [0.4, 0.5) is 0 Å². The zero-order chi connectivity index (χ0) is 22.1. The molecule has 0 aliphatic heterocycles. The van der Waals surface area contributed by atoms with Gasteiger partial charge in [0.1, 0.15) is 6.10 Å². The van der Waals surface area contributed by atoms with Gasteiger partial charge in [-0.1, -0.05) is 36.6 Å². The topological polar surface area (TPSA) is 69.7 Å². The van der Waals surface area contributed by atoms with Crippen molar-refractivity contribution in [1.29, 1.82) is 0 Å². The zero-order valence-corrected chi connectivity index (χ0v) is 19.2. The molecule has 3 fully saturated rings. The van der Waals surface area contributed by atoms with Crippen LogP contribution >= 0.6 is 0 Å². The summed E-state index contributed by atoms with van der Waals surface area (Å²) in [5.74, 6) is 0.907. The SMILES string of the molecule is C=CC1CCC2C3CCCC12CCCCC3OC(=O)COS(=O)(=O)c1ccc(C)cc1. The Kier molecular flexibility index (Phi) is 6.59. The fraction of sp³-hybridized carbons (Fsp3) is 0.640. The second-order valence-electron chi connectivity index (χ2n) is 9.62. The summed E-state index contributed by atoms with van der Waals surface area (Å²) in [5.41, 5.74) is 1.28. The molecule has 0 amide bonds. The Morgan fingerprint density at radius 2 is 1.84 bits per heavy atom. The molecule has 0 aromatic heterocycles. The fourth-order valence-corrected chi connectivity index (χ4v) is 7.50. The molecule has 0 heterocycles. The first-order valence-electron chi connectivity index (χ1n) is 11.6. The first-order chi connectivity index (χ1) is 14.9. The van der Waals surface area contributed by atoms with Crippen LogP contribution in [0.1, 0.15) is 63.4 Å². The number of rotatable bonds is 6. The van der Waals surface area contributed by atoms with Crippen LogP contribution < -0.4 is 0 Å². The third-order valence-corrected chi connectivity index (χ3v) is 9.31. The van der Waals surface area contributed by atoms with Gasteiger partial charge in [0.2, 0.25) is 0 Å². The third-order valence-electron chi connectivity index (χ3n) is 8.03. The van der Waals surface area contributed by atoms with Crippen LogP contribution in [0.5, 0.6) is 0 Å². The molecule has 170 valence electrons. The Bertz CT molecular complexity index is 906. The van der Waals surface area contributed by atoms with Crippen LogP contribution in [0.25, 0.3) is 0 Å². The minimum absolute atomic E-state index is 0.0512. The third kappa shape index (κ3) is 4.47.